The third-order valence-electron chi connectivity index (χ3n) is 5.70. The van der Waals surface area contributed by atoms with Gasteiger partial charge in [-0.05, 0) is 6.92 Å². The number of ether oxygens (including phenoxy) is 4. The summed E-state index contributed by atoms with van der Waals surface area (Å²) in [4.78, 5) is 0. The number of aliphatic hydroxyl groups is 11. The number of rotatable bonds is 10. The van der Waals surface area contributed by atoms with Gasteiger partial charge in [-0.1, -0.05) is 0 Å². The lowest BCUT2D eigenvalue weighted by molar-refractivity contribution is -0.352. The highest BCUT2D eigenvalue weighted by Gasteiger charge is 2.49. The molecule has 0 saturated carbocycles. The molecule has 2 fully saturated rings. The summed E-state index contributed by atoms with van der Waals surface area (Å²) in [5.41, 5.74) is 0. The van der Waals surface area contributed by atoms with Gasteiger partial charge in [-0.3, -0.25) is 0 Å². The monoisotopic (exact) mass is 490 g/mol. The van der Waals surface area contributed by atoms with Crippen LogP contribution in [0.4, 0.5) is 0 Å². The van der Waals surface area contributed by atoms with Crippen LogP contribution in [0.5, 0.6) is 0 Å². The van der Waals surface area contributed by atoms with Crippen molar-refractivity contribution in [2.24, 2.45) is 0 Å². The zero-order valence-electron chi connectivity index (χ0n) is 17.8. The van der Waals surface area contributed by atoms with Crippen molar-refractivity contribution < 1.29 is 75.1 Å². The van der Waals surface area contributed by atoms with Gasteiger partial charge in [-0.2, -0.15) is 0 Å². The van der Waals surface area contributed by atoms with Crippen LogP contribution in [0.2, 0.25) is 0 Å². The Morgan fingerprint density at radius 3 is 1.48 bits per heavy atom. The van der Waals surface area contributed by atoms with Crippen molar-refractivity contribution in [3.8, 4) is 0 Å². The molecule has 2 rings (SSSR count). The fourth-order valence-corrected chi connectivity index (χ4v) is 3.60. The van der Waals surface area contributed by atoms with Crippen molar-refractivity contribution in [3.05, 3.63) is 0 Å². The smallest absolute Gasteiger partial charge is 0.187 e. The minimum absolute atomic E-state index is 0.780. The predicted octanol–water partition coefficient (Wildman–Crippen LogP) is -6.91. The summed E-state index contributed by atoms with van der Waals surface area (Å²) in [5.74, 6) is 0. The van der Waals surface area contributed by atoms with Crippen molar-refractivity contribution in [1.29, 1.82) is 0 Å². The minimum Gasteiger partial charge on any atom is -0.394 e. The normalized spacial score (nSPS) is 43.6. The molecule has 0 radical (unpaired) electrons. The van der Waals surface area contributed by atoms with E-state index in [0.29, 0.717) is 0 Å². The summed E-state index contributed by atoms with van der Waals surface area (Å²) in [6.07, 6.45) is -23.7. The van der Waals surface area contributed by atoms with E-state index in [4.69, 9.17) is 18.9 Å². The Morgan fingerprint density at radius 1 is 0.636 bits per heavy atom. The maximum absolute atomic E-state index is 10.3. The summed E-state index contributed by atoms with van der Waals surface area (Å²) >= 11 is 0. The van der Waals surface area contributed by atoms with E-state index in [1.165, 1.54) is 6.92 Å². The summed E-state index contributed by atoms with van der Waals surface area (Å²) in [5, 5.41) is 109. The van der Waals surface area contributed by atoms with E-state index in [0.717, 1.165) is 0 Å². The average Bonchev–Trinajstić information content (AvgIpc) is 2.81. The van der Waals surface area contributed by atoms with Crippen LogP contribution in [0.15, 0.2) is 0 Å². The van der Waals surface area contributed by atoms with Crippen molar-refractivity contribution >= 4 is 0 Å². The molecule has 0 aliphatic carbocycles. The first-order valence-electron chi connectivity index (χ1n) is 10.4. The van der Waals surface area contributed by atoms with Crippen LogP contribution in [0.1, 0.15) is 6.92 Å². The summed E-state index contributed by atoms with van der Waals surface area (Å²) in [7, 11) is 0. The summed E-state index contributed by atoms with van der Waals surface area (Å²) in [6, 6.07) is 0. The molecular weight excluding hydrogens is 456 g/mol. The number of hydrogen-bond donors (Lipinski definition) is 11. The van der Waals surface area contributed by atoms with E-state index in [2.05, 4.69) is 0 Å². The highest BCUT2D eigenvalue weighted by molar-refractivity contribution is 4.93. The Morgan fingerprint density at radius 2 is 1.06 bits per heavy atom. The molecule has 15 nitrogen and oxygen atoms in total. The Balaban J connectivity index is 2.29. The maximum atomic E-state index is 10.3. The molecule has 0 spiro atoms. The predicted molar refractivity (Wildman–Crippen MR) is 102 cm³/mol. The zero-order chi connectivity index (χ0) is 25.0. The van der Waals surface area contributed by atoms with Gasteiger partial charge in [0.2, 0.25) is 0 Å². The summed E-state index contributed by atoms with van der Waals surface area (Å²) in [6.45, 7) is -1.37. The van der Waals surface area contributed by atoms with Gasteiger partial charge in [-0.25, -0.2) is 0 Å². The van der Waals surface area contributed by atoms with Gasteiger partial charge in [-0.15, -0.1) is 0 Å². The van der Waals surface area contributed by atoms with Crippen molar-refractivity contribution in [3.63, 3.8) is 0 Å². The topological polar surface area (TPSA) is 259 Å². The Hall–Kier alpha value is -0.600. The number of hydrogen-bond acceptors (Lipinski definition) is 15. The van der Waals surface area contributed by atoms with Gasteiger partial charge in [0.1, 0.15) is 67.1 Å². The van der Waals surface area contributed by atoms with E-state index in [1.54, 1.807) is 0 Å². The molecule has 2 heterocycles. The van der Waals surface area contributed by atoms with Gasteiger partial charge in [0.05, 0.1) is 25.9 Å². The van der Waals surface area contributed by atoms with Gasteiger partial charge < -0.3 is 75.1 Å². The minimum atomic E-state index is -1.91. The standard InChI is InChI=1S/C18H34O15/c1-5-9(24)11(26)13(28)17(30-5)32-15(6(22)2-19)16(7(23)3-20)33-18-14(29)12(27)10(25)8(4-21)31-18/h5-29H,2-4H2,1H3/t5-,6-,7+,8+,9+,10-,11+,12-,13-,14+,15+,16+,17-,18-/m0/s1. The lowest BCUT2D eigenvalue weighted by Gasteiger charge is -2.45. The van der Waals surface area contributed by atoms with E-state index >= 15 is 0 Å². The molecule has 0 aromatic carbocycles. The van der Waals surface area contributed by atoms with Gasteiger partial charge in [0.25, 0.3) is 0 Å². The molecule has 196 valence electrons. The van der Waals surface area contributed by atoms with Crippen molar-refractivity contribution in [1.82, 2.24) is 0 Å². The van der Waals surface area contributed by atoms with Crippen LogP contribution in [0.25, 0.3) is 0 Å². The van der Waals surface area contributed by atoms with Gasteiger partial charge >= 0.3 is 0 Å². The van der Waals surface area contributed by atoms with Crippen LogP contribution in [-0.4, -0.2) is 162 Å². The molecule has 33 heavy (non-hydrogen) atoms. The highest BCUT2D eigenvalue weighted by Crippen LogP contribution is 2.28. The lowest BCUT2D eigenvalue weighted by atomic mass is 9.98. The van der Waals surface area contributed by atoms with Crippen molar-refractivity contribution in [2.75, 3.05) is 19.8 Å². The van der Waals surface area contributed by atoms with Gasteiger partial charge in [0, 0.05) is 0 Å². The average molecular weight is 490 g/mol. The molecular formula is C18H34O15. The van der Waals surface area contributed by atoms with E-state index in [1.807, 2.05) is 0 Å². The second-order valence-corrected chi connectivity index (χ2v) is 8.08. The second kappa shape index (κ2) is 12.4. The van der Waals surface area contributed by atoms with E-state index in [9.17, 15) is 56.2 Å². The highest BCUT2D eigenvalue weighted by atomic mass is 16.7. The molecule has 2 aliphatic rings. The molecule has 0 aromatic rings. The van der Waals surface area contributed by atoms with Crippen LogP contribution < -0.4 is 0 Å². The third-order valence-corrected chi connectivity index (χ3v) is 5.70. The molecule has 15 heteroatoms. The Bertz CT molecular complexity index is 581. The summed E-state index contributed by atoms with van der Waals surface area (Å²) < 4.78 is 21.4. The van der Waals surface area contributed by atoms with Crippen LogP contribution in [-0.2, 0) is 18.9 Å². The van der Waals surface area contributed by atoms with Crippen LogP contribution in [0, 0.1) is 0 Å². The molecule has 11 N–H and O–H groups in total. The molecule has 0 aromatic heterocycles. The quantitative estimate of drug-likeness (QED) is 0.136. The first kappa shape index (κ1) is 28.6. The Kier molecular flexibility index (Phi) is 10.7. The molecule has 0 amide bonds. The maximum Gasteiger partial charge on any atom is 0.187 e. The largest absolute Gasteiger partial charge is 0.394 e. The SMILES string of the molecule is C[C@@H]1O[C@@H](O[C@@H]([C@H](O[C@@H]2O[C@H](CO)[C@H](O)[C@H](O)[C@H]2O)[C@H](O)CO)[C@@H](O)CO)[C@@H](O)[C@H](O)[C@@H]1O. The van der Waals surface area contributed by atoms with Crippen LogP contribution >= 0.6 is 0 Å². The van der Waals surface area contributed by atoms with E-state index < -0.39 is 106 Å². The molecule has 0 unspecified atom stereocenters. The lowest BCUT2D eigenvalue weighted by Crippen LogP contribution is -2.63. The molecule has 0 bridgehead atoms. The fraction of sp³-hybridized carbons (Fsp3) is 1.00. The fourth-order valence-electron chi connectivity index (χ4n) is 3.60. The number of aliphatic hydroxyl groups excluding tert-OH is 11. The first-order chi connectivity index (χ1) is 15.5. The second-order valence-electron chi connectivity index (χ2n) is 8.08. The molecule has 14 atom stereocenters. The third kappa shape index (κ3) is 6.35. The van der Waals surface area contributed by atoms with Gasteiger partial charge in [0.15, 0.2) is 12.6 Å². The zero-order valence-corrected chi connectivity index (χ0v) is 17.8. The first-order valence-corrected chi connectivity index (χ1v) is 10.4. The van der Waals surface area contributed by atoms with E-state index in [-0.39, 0.29) is 0 Å². The molecule has 2 saturated heterocycles. The van der Waals surface area contributed by atoms with Crippen molar-refractivity contribution in [2.45, 2.75) is 92.8 Å². The van der Waals surface area contributed by atoms with Crippen LogP contribution in [0.3, 0.4) is 0 Å². The Labute approximate surface area is 188 Å². The molecule has 2 aliphatic heterocycles.